The highest BCUT2D eigenvalue weighted by atomic mass is 19.4. The van der Waals surface area contributed by atoms with Gasteiger partial charge in [0.1, 0.15) is 0 Å². The second kappa shape index (κ2) is 5.37. The third-order valence-electron chi connectivity index (χ3n) is 2.11. The first-order valence-corrected chi connectivity index (χ1v) is 5.08. The summed E-state index contributed by atoms with van der Waals surface area (Å²) in [5, 5.41) is 1.99. The fourth-order valence-electron chi connectivity index (χ4n) is 1.26. The first-order chi connectivity index (χ1) is 6.69. The molecule has 0 saturated heterocycles. The van der Waals surface area contributed by atoms with Gasteiger partial charge in [-0.2, -0.15) is 13.2 Å². The van der Waals surface area contributed by atoms with Gasteiger partial charge in [0.05, 0.1) is 0 Å². The molecular weight excluding hydrogens is 207 g/mol. The molecule has 0 aliphatic carbocycles. The van der Waals surface area contributed by atoms with E-state index < -0.39 is 17.6 Å². The molecule has 0 bridgehead atoms. The lowest BCUT2D eigenvalue weighted by Gasteiger charge is -2.26. The van der Waals surface area contributed by atoms with Gasteiger partial charge in [-0.05, 0) is 20.3 Å². The van der Waals surface area contributed by atoms with Gasteiger partial charge in [-0.3, -0.25) is 4.79 Å². The Hall–Kier alpha value is -0.740. The first kappa shape index (κ1) is 14.3. The zero-order valence-corrected chi connectivity index (χ0v) is 9.37. The highest BCUT2D eigenvalue weighted by Gasteiger charge is 2.41. The van der Waals surface area contributed by atoms with Gasteiger partial charge in [-0.1, -0.05) is 26.2 Å². The summed E-state index contributed by atoms with van der Waals surface area (Å²) in [5.74, 6) is -1.86. The van der Waals surface area contributed by atoms with Crippen LogP contribution in [0.2, 0.25) is 0 Å². The number of amides is 1. The van der Waals surface area contributed by atoms with Crippen molar-refractivity contribution in [1.29, 1.82) is 0 Å². The van der Waals surface area contributed by atoms with E-state index in [0.29, 0.717) is 6.42 Å². The fourth-order valence-corrected chi connectivity index (χ4v) is 1.26. The lowest BCUT2D eigenvalue weighted by Crippen LogP contribution is -2.49. The van der Waals surface area contributed by atoms with E-state index in [2.05, 4.69) is 0 Å². The van der Waals surface area contributed by atoms with E-state index in [9.17, 15) is 18.0 Å². The maximum atomic E-state index is 12.0. The molecule has 2 nitrogen and oxygen atoms in total. The lowest BCUT2D eigenvalue weighted by atomic mass is 9.96. The van der Waals surface area contributed by atoms with Crippen LogP contribution in [0, 0.1) is 0 Å². The zero-order valence-electron chi connectivity index (χ0n) is 9.37. The number of halogens is 3. The monoisotopic (exact) mass is 225 g/mol. The molecule has 15 heavy (non-hydrogen) atoms. The summed E-state index contributed by atoms with van der Waals surface area (Å²) in [6.07, 6.45) is -1.44. The van der Waals surface area contributed by atoms with Crippen molar-refractivity contribution in [3.05, 3.63) is 0 Å². The summed E-state index contributed by atoms with van der Waals surface area (Å²) >= 11 is 0. The Labute approximate surface area is 88.2 Å². The van der Waals surface area contributed by atoms with Gasteiger partial charge >= 0.3 is 12.1 Å². The quantitative estimate of drug-likeness (QED) is 0.716. The fraction of sp³-hybridized carbons (Fsp3) is 0.900. The highest BCUT2D eigenvalue weighted by Crippen LogP contribution is 2.19. The van der Waals surface area contributed by atoms with Crippen LogP contribution in [0.25, 0.3) is 0 Å². The van der Waals surface area contributed by atoms with Crippen molar-refractivity contribution in [2.45, 2.75) is 58.2 Å². The molecule has 0 atom stereocenters. The van der Waals surface area contributed by atoms with E-state index in [0.717, 1.165) is 19.3 Å². The van der Waals surface area contributed by atoms with Gasteiger partial charge in [-0.25, -0.2) is 0 Å². The largest absolute Gasteiger partial charge is 0.471 e. The van der Waals surface area contributed by atoms with Crippen molar-refractivity contribution in [3.8, 4) is 0 Å². The molecular formula is C10H18F3NO. The molecule has 1 amide bonds. The Balaban J connectivity index is 4.08. The molecule has 1 N–H and O–H groups in total. The van der Waals surface area contributed by atoms with Crippen LogP contribution in [-0.2, 0) is 4.79 Å². The average Bonchev–Trinajstić information content (AvgIpc) is 2.01. The third-order valence-corrected chi connectivity index (χ3v) is 2.11. The Morgan fingerprint density at radius 2 is 1.73 bits per heavy atom. The van der Waals surface area contributed by atoms with Crippen molar-refractivity contribution in [1.82, 2.24) is 5.32 Å². The van der Waals surface area contributed by atoms with E-state index >= 15 is 0 Å². The van der Waals surface area contributed by atoms with Crippen molar-refractivity contribution in [2.24, 2.45) is 0 Å². The van der Waals surface area contributed by atoms with Crippen LogP contribution in [-0.4, -0.2) is 17.6 Å². The molecule has 0 heterocycles. The molecule has 0 rings (SSSR count). The number of hydrogen-bond donors (Lipinski definition) is 1. The predicted octanol–water partition coefficient (Wildman–Crippen LogP) is 3.02. The SMILES string of the molecule is CCCCCC(C)(C)NC(=O)C(F)(F)F. The molecule has 0 unspecified atom stereocenters. The molecule has 0 aromatic heterocycles. The molecule has 0 fully saturated rings. The Bertz CT molecular complexity index is 211. The summed E-state index contributed by atoms with van der Waals surface area (Å²) in [6, 6.07) is 0. The van der Waals surface area contributed by atoms with Gasteiger partial charge in [0.25, 0.3) is 0 Å². The molecule has 0 aliphatic heterocycles. The first-order valence-electron chi connectivity index (χ1n) is 5.08. The topological polar surface area (TPSA) is 29.1 Å². The number of rotatable bonds is 5. The van der Waals surface area contributed by atoms with Crippen LogP contribution in [0.15, 0.2) is 0 Å². The van der Waals surface area contributed by atoms with Crippen molar-refractivity contribution < 1.29 is 18.0 Å². The minimum atomic E-state index is -4.79. The Morgan fingerprint density at radius 1 is 1.20 bits per heavy atom. The summed E-state index contributed by atoms with van der Waals surface area (Å²) < 4.78 is 35.9. The number of nitrogens with one attached hydrogen (secondary N) is 1. The average molecular weight is 225 g/mol. The van der Waals surface area contributed by atoms with E-state index in [1.54, 1.807) is 13.8 Å². The summed E-state index contributed by atoms with van der Waals surface area (Å²) in [4.78, 5) is 10.7. The van der Waals surface area contributed by atoms with Crippen LogP contribution < -0.4 is 5.32 Å². The second-order valence-electron chi connectivity index (χ2n) is 4.29. The van der Waals surface area contributed by atoms with Crippen molar-refractivity contribution >= 4 is 5.91 Å². The standard InChI is InChI=1S/C10H18F3NO/c1-4-5-6-7-9(2,3)14-8(15)10(11,12)13/h4-7H2,1-3H3,(H,14,15). The zero-order chi connectivity index (χ0) is 12.1. The molecule has 0 radical (unpaired) electrons. The number of carbonyl (C=O) groups is 1. The van der Waals surface area contributed by atoms with E-state index in [1.165, 1.54) is 0 Å². The van der Waals surface area contributed by atoms with E-state index in [1.807, 2.05) is 12.2 Å². The van der Waals surface area contributed by atoms with Crippen LogP contribution in [0.1, 0.15) is 46.5 Å². The van der Waals surface area contributed by atoms with Crippen LogP contribution >= 0.6 is 0 Å². The maximum Gasteiger partial charge on any atom is 0.471 e. The van der Waals surface area contributed by atoms with E-state index in [4.69, 9.17) is 0 Å². The minimum Gasteiger partial charge on any atom is -0.343 e. The molecule has 90 valence electrons. The Morgan fingerprint density at radius 3 is 2.13 bits per heavy atom. The van der Waals surface area contributed by atoms with Gasteiger partial charge in [0.2, 0.25) is 0 Å². The molecule has 0 aromatic rings. The maximum absolute atomic E-state index is 12.0. The van der Waals surface area contributed by atoms with Gasteiger partial charge in [0, 0.05) is 5.54 Å². The summed E-state index contributed by atoms with van der Waals surface area (Å²) in [5.41, 5.74) is -0.790. The smallest absolute Gasteiger partial charge is 0.343 e. The number of hydrogen-bond acceptors (Lipinski definition) is 1. The third kappa shape index (κ3) is 6.36. The number of unbranched alkanes of at least 4 members (excludes halogenated alkanes) is 2. The lowest BCUT2D eigenvalue weighted by molar-refractivity contribution is -0.175. The number of carbonyl (C=O) groups excluding carboxylic acids is 1. The van der Waals surface area contributed by atoms with Crippen molar-refractivity contribution in [3.63, 3.8) is 0 Å². The molecule has 0 saturated carbocycles. The molecule has 0 spiro atoms. The van der Waals surface area contributed by atoms with Crippen LogP contribution in [0.4, 0.5) is 13.2 Å². The summed E-state index contributed by atoms with van der Waals surface area (Å²) in [7, 11) is 0. The van der Waals surface area contributed by atoms with Gasteiger partial charge in [-0.15, -0.1) is 0 Å². The molecule has 5 heteroatoms. The summed E-state index contributed by atoms with van der Waals surface area (Å²) in [6.45, 7) is 5.22. The van der Waals surface area contributed by atoms with Crippen molar-refractivity contribution in [2.75, 3.05) is 0 Å². The number of alkyl halides is 3. The Kier molecular flexibility index (Phi) is 5.11. The molecule has 0 aliphatic rings. The van der Waals surface area contributed by atoms with Crippen LogP contribution in [0.3, 0.4) is 0 Å². The normalized spacial score (nSPS) is 12.7. The molecule has 0 aromatic carbocycles. The van der Waals surface area contributed by atoms with E-state index in [-0.39, 0.29) is 0 Å². The second-order valence-corrected chi connectivity index (χ2v) is 4.29. The van der Waals surface area contributed by atoms with Crippen LogP contribution in [0.5, 0.6) is 0 Å². The van der Waals surface area contributed by atoms with Gasteiger partial charge < -0.3 is 5.32 Å². The van der Waals surface area contributed by atoms with Gasteiger partial charge in [0.15, 0.2) is 0 Å². The highest BCUT2D eigenvalue weighted by molar-refractivity contribution is 5.82. The minimum absolute atomic E-state index is 0.558. The predicted molar refractivity (Wildman–Crippen MR) is 52.4 cm³/mol.